The fraction of sp³-hybridized carbons (Fsp3) is 0.571. The highest BCUT2D eigenvalue weighted by molar-refractivity contribution is 5.91. The summed E-state index contributed by atoms with van der Waals surface area (Å²) >= 11 is 0. The topological polar surface area (TPSA) is 93.7 Å². The molecule has 0 aromatic heterocycles. The number of esters is 1. The van der Waals surface area contributed by atoms with Gasteiger partial charge in [-0.1, -0.05) is 51.1 Å². The molecule has 0 radical (unpaired) electrons. The van der Waals surface area contributed by atoms with Gasteiger partial charge in [0.25, 0.3) is 11.6 Å². The Balaban J connectivity index is 2.91. The first-order valence-electron chi connectivity index (χ1n) is 9.68. The van der Waals surface area contributed by atoms with Crippen molar-refractivity contribution >= 4 is 18.0 Å². The predicted molar refractivity (Wildman–Crippen MR) is 106 cm³/mol. The molecule has 2 N–H and O–H groups in total. The number of amides is 2. The van der Waals surface area contributed by atoms with E-state index in [1.807, 2.05) is 44.2 Å². The molecule has 2 amide bonds. The molecule has 0 aliphatic rings. The molecule has 0 heterocycles. The second kappa shape index (κ2) is 11.3. The van der Waals surface area contributed by atoms with Crippen LogP contribution in [0.3, 0.4) is 0 Å². The summed E-state index contributed by atoms with van der Waals surface area (Å²) in [6.07, 6.45) is 1.36. The Bertz CT molecular complexity index is 647. The zero-order valence-electron chi connectivity index (χ0n) is 17.4. The molecule has 0 fully saturated rings. The molecule has 1 rings (SSSR count). The van der Waals surface area contributed by atoms with Crippen LogP contribution in [0.15, 0.2) is 30.3 Å². The highest BCUT2D eigenvalue weighted by Crippen LogP contribution is 2.22. The number of aryl methyl sites for hydroxylation is 1. The maximum atomic E-state index is 13.1. The van der Waals surface area contributed by atoms with Gasteiger partial charge in [0, 0.05) is 18.4 Å². The molecule has 1 aromatic rings. The van der Waals surface area contributed by atoms with Crippen molar-refractivity contribution in [3.63, 3.8) is 0 Å². The molecular weight excluding hydrogens is 360 g/mol. The number of ether oxygens (including phenoxy) is 2. The van der Waals surface area contributed by atoms with Gasteiger partial charge in [0.2, 0.25) is 0 Å². The van der Waals surface area contributed by atoms with Crippen molar-refractivity contribution < 1.29 is 23.9 Å². The Morgan fingerprint density at radius 3 is 2.29 bits per heavy atom. The number of carbonyl (C=O) groups excluding carboxylic acids is 3. The second-order valence-electron chi connectivity index (χ2n) is 7.13. The molecule has 28 heavy (non-hydrogen) atoms. The third-order valence-corrected chi connectivity index (χ3v) is 4.44. The lowest BCUT2D eigenvalue weighted by atomic mass is 9.97. The van der Waals surface area contributed by atoms with Crippen molar-refractivity contribution in [2.45, 2.75) is 65.1 Å². The lowest BCUT2D eigenvalue weighted by molar-refractivity contribution is -0.178. The summed E-state index contributed by atoms with van der Waals surface area (Å²) in [5.74, 6) is -1.63. The van der Waals surface area contributed by atoms with Crippen LogP contribution >= 0.6 is 0 Å². The van der Waals surface area contributed by atoms with E-state index in [1.54, 1.807) is 13.8 Å². The van der Waals surface area contributed by atoms with Crippen molar-refractivity contribution in [1.82, 2.24) is 10.6 Å². The van der Waals surface area contributed by atoms with E-state index < -0.39 is 29.6 Å². The van der Waals surface area contributed by atoms with Gasteiger partial charge < -0.3 is 14.8 Å². The molecular formula is C21H32N2O5. The summed E-state index contributed by atoms with van der Waals surface area (Å²) in [7, 11) is 1.19. The molecule has 0 saturated heterocycles. The van der Waals surface area contributed by atoms with Gasteiger partial charge >= 0.3 is 12.1 Å². The van der Waals surface area contributed by atoms with Gasteiger partial charge in [-0.2, -0.15) is 0 Å². The minimum atomic E-state index is -1.83. The fourth-order valence-corrected chi connectivity index (χ4v) is 2.72. The third kappa shape index (κ3) is 6.87. The number of benzene rings is 1. The van der Waals surface area contributed by atoms with E-state index in [4.69, 9.17) is 4.74 Å². The minimum Gasteiger partial charge on any atom is -0.453 e. The summed E-state index contributed by atoms with van der Waals surface area (Å²) < 4.78 is 10.1. The lowest BCUT2D eigenvalue weighted by Crippen LogP contribution is -2.65. The summed E-state index contributed by atoms with van der Waals surface area (Å²) in [6.45, 7) is 7.10. The van der Waals surface area contributed by atoms with E-state index >= 15 is 0 Å². The van der Waals surface area contributed by atoms with E-state index in [9.17, 15) is 14.4 Å². The molecule has 0 aliphatic carbocycles. The first kappa shape index (κ1) is 23.5. The SMILES string of the molecule is CCCC(=O)O[C@@](NC(=O)OC)(C(=O)N[C@@H](C)CCc1ccccc1)C(C)C. The fourth-order valence-electron chi connectivity index (χ4n) is 2.72. The predicted octanol–water partition coefficient (Wildman–Crippen LogP) is 3.18. The molecule has 0 saturated carbocycles. The van der Waals surface area contributed by atoms with Crippen LogP contribution < -0.4 is 10.6 Å². The number of rotatable bonds is 10. The van der Waals surface area contributed by atoms with Crippen molar-refractivity contribution in [3.8, 4) is 0 Å². The van der Waals surface area contributed by atoms with Crippen molar-refractivity contribution in [3.05, 3.63) is 35.9 Å². The Morgan fingerprint density at radius 1 is 1.11 bits per heavy atom. The van der Waals surface area contributed by atoms with Crippen molar-refractivity contribution in [2.75, 3.05) is 7.11 Å². The maximum absolute atomic E-state index is 13.1. The zero-order valence-corrected chi connectivity index (χ0v) is 17.4. The molecule has 156 valence electrons. The maximum Gasteiger partial charge on any atom is 0.410 e. The Morgan fingerprint density at radius 2 is 1.75 bits per heavy atom. The minimum absolute atomic E-state index is 0.147. The normalized spacial score (nSPS) is 13.9. The van der Waals surface area contributed by atoms with E-state index in [1.165, 1.54) is 12.7 Å². The number of nitrogens with one attached hydrogen (secondary N) is 2. The van der Waals surface area contributed by atoms with E-state index in [2.05, 4.69) is 15.4 Å². The van der Waals surface area contributed by atoms with Crippen LogP contribution in [0.4, 0.5) is 4.79 Å². The van der Waals surface area contributed by atoms with Crippen LogP contribution in [0.1, 0.15) is 52.5 Å². The van der Waals surface area contributed by atoms with Crippen LogP contribution in [-0.4, -0.2) is 36.8 Å². The second-order valence-corrected chi connectivity index (χ2v) is 7.13. The highest BCUT2D eigenvalue weighted by Gasteiger charge is 2.47. The summed E-state index contributed by atoms with van der Waals surface area (Å²) in [4.78, 5) is 37.1. The number of hydrogen-bond acceptors (Lipinski definition) is 5. The zero-order chi connectivity index (χ0) is 21.2. The summed E-state index contributed by atoms with van der Waals surface area (Å²) in [5.41, 5.74) is -0.666. The molecule has 1 aromatic carbocycles. The monoisotopic (exact) mass is 392 g/mol. The van der Waals surface area contributed by atoms with E-state index in [0.717, 1.165) is 6.42 Å². The van der Waals surface area contributed by atoms with Gasteiger partial charge in [-0.3, -0.25) is 14.9 Å². The van der Waals surface area contributed by atoms with E-state index in [0.29, 0.717) is 12.8 Å². The highest BCUT2D eigenvalue weighted by atomic mass is 16.6. The molecule has 2 atom stereocenters. The third-order valence-electron chi connectivity index (χ3n) is 4.44. The summed E-state index contributed by atoms with van der Waals surface area (Å²) in [6, 6.07) is 9.76. The van der Waals surface area contributed by atoms with Gasteiger partial charge in [-0.15, -0.1) is 0 Å². The molecule has 0 bridgehead atoms. The Kier molecular flexibility index (Phi) is 9.48. The van der Waals surface area contributed by atoms with Crippen molar-refractivity contribution in [1.29, 1.82) is 0 Å². The van der Waals surface area contributed by atoms with Crippen LogP contribution in [0.5, 0.6) is 0 Å². The number of alkyl carbamates (subject to hydrolysis) is 1. The van der Waals surface area contributed by atoms with Gasteiger partial charge in [-0.05, 0) is 31.7 Å². The van der Waals surface area contributed by atoms with Gasteiger partial charge in [0.1, 0.15) is 0 Å². The first-order valence-corrected chi connectivity index (χ1v) is 9.68. The van der Waals surface area contributed by atoms with Crippen LogP contribution in [-0.2, 0) is 25.5 Å². The van der Waals surface area contributed by atoms with Crippen LogP contribution in [0.2, 0.25) is 0 Å². The Labute approximate surface area is 167 Å². The van der Waals surface area contributed by atoms with Crippen LogP contribution in [0.25, 0.3) is 0 Å². The number of methoxy groups -OCH3 is 1. The summed E-state index contributed by atoms with van der Waals surface area (Å²) in [5, 5.41) is 5.29. The molecule has 7 heteroatoms. The number of carbonyl (C=O) groups is 3. The van der Waals surface area contributed by atoms with Crippen molar-refractivity contribution in [2.24, 2.45) is 5.92 Å². The van der Waals surface area contributed by atoms with Gasteiger partial charge in [0.15, 0.2) is 0 Å². The molecule has 7 nitrogen and oxygen atoms in total. The van der Waals surface area contributed by atoms with Crippen LogP contribution in [0, 0.1) is 5.92 Å². The molecule has 0 spiro atoms. The quantitative estimate of drug-likeness (QED) is 0.471. The average molecular weight is 392 g/mol. The van der Waals surface area contributed by atoms with Gasteiger partial charge in [0.05, 0.1) is 7.11 Å². The van der Waals surface area contributed by atoms with E-state index in [-0.39, 0.29) is 12.5 Å². The lowest BCUT2D eigenvalue weighted by Gasteiger charge is -2.36. The average Bonchev–Trinajstić information content (AvgIpc) is 2.66. The van der Waals surface area contributed by atoms with Gasteiger partial charge in [-0.25, -0.2) is 4.79 Å². The molecule has 0 aliphatic heterocycles. The Hall–Kier alpha value is -2.57. The first-order chi connectivity index (χ1) is 13.2. The number of hydrogen-bond donors (Lipinski definition) is 2. The standard InChI is InChI=1S/C21H32N2O5/c1-6-10-18(24)28-21(15(2)3,23-20(26)27-5)19(25)22-16(4)13-14-17-11-8-7-9-12-17/h7-9,11-12,15-16H,6,10,13-14H2,1-5H3,(H,22,25)(H,23,26)/t16-,21+/m0/s1. The largest absolute Gasteiger partial charge is 0.453 e. The molecule has 0 unspecified atom stereocenters. The smallest absolute Gasteiger partial charge is 0.410 e.